The first-order chi connectivity index (χ1) is 18.1. The zero-order chi connectivity index (χ0) is 25.8. The molecule has 2 amide bonds. The molecule has 0 aliphatic heterocycles. The number of hydrogen-bond acceptors (Lipinski definition) is 5. The molecule has 0 radical (unpaired) electrons. The molecule has 0 aliphatic carbocycles. The number of rotatable bonds is 9. The molecule has 0 saturated heterocycles. The van der Waals surface area contributed by atoms with Crippen molar-refractivity contribution < 1.29 is 14.3 Å². The molecule has 9 heteroatoms. The maximum absolute atomic E-state index is 13.5. The molecule has 0 atom stereocenters. The van der Waals surface area contributed by atoms with Crippen LogP contribution in [0.4, 0.5) is 5.69 Å². The van der Waals surface area contributed by atoms with Crippen molar-refractivity contribution in [3.63, 3.8) is 0 Å². The van der Waals surface area contributed by atoms with Gasteiger partial charge in [-0.25, -0.2) is 4.98 Å². The van der Waals surface area contributed by atoms with Crippen LogP contribution in [0.2, 0.25) is 0 Å². The molecule has 2 aromatic carbocycles. The van der Waals surface area contributed by atoms with Gasteiger partial charge in [0.2, 0.25) is 5.91 Å². The second-order valence-corrected chi connectivity index (χ2v) is 8.62. The van der Waals surface area contributed by atoms with E-state index >= 15 is 0 Å². The summed E-state index contributed by atoms with van der Waals surface area (Å²) in [7, 11) is 1.46. The van der Waals surface area contributed by atoms with Crippen LogP contribution in [-0.2, 0) is 22.6 Å². The number of anilines is 1. The van der Waals surface area contributed by atoms with Crippen LogP contribution in [0.5, 0.6) is 0 Å². The molecular formula is C28H28N6O3. The summed E-state index contributed by atoms with van der Waals surface area (Å²) in [6.07, 6.45) is 5.47. The Morgan fingerprint density at radius 1 is 1.08 bits per heavy atom. The van der Waals surface area contributed by atoms with Gasteiger partial charge in [0.15, 0.2) is 0 Å². The fourth-order valence-electron chi connectivity index (χ4n) is 4.59. The van der Waals surface area contributed by atoms with Crippen LogP contribution in [-0.4, -0.2) is 51.2 Å². The lowest BCUT2D eigenvalue weighted by Crippen LogP contribution is -2.28. The fraction of sp³-hybridized carbons (Fsp3) is 0.214. The van der Waals surface area contributed by atoms with Crippen molar-refractivity contribution in [2.45, 2.75) is 20.0 Å². The van der Waals surface area contributed by atoms with Crippen LogP contribution < -0.4 is 10.6 Å². The van der Waals surface area contributed by atoms with Crippen molar-refractivity contribution in [2.75, 3.05) is 25.6 Å². The summed E-state index contributed by atoms with van der Waals surface area (Å²) in [5, 5.41) is 7.01. The molecule has 3 aromatic heterocycles. The number of hydrogen-bond donors (Lipinski definition) is 2. The maximum Gasteiger partial charge on any atom is 0.253 e. The van der Waals surface area contributed by atoms with Gasteiger partial charge in [-0.3, -0.25) is 14.6 Å². The molecule has 0 spiro atoms. The monoisotopic (exact) mass is 496 g/mol. The third-order valence-electron chi connectivity index (χ3n) is 6.20. The molecule has 37 heavy (non-hydrogen) atoms. The Bertz CT molecular complexity index is 1570. The van der Waals surface area contributed by atoms with Crippen molar-refractivity contribution in [3.8, 4) is 11.4 Å². The highest BCUT2D eigenvalue weighted by Gasteiger charge is 2.21. The van der Waals surface area contributed by atoms with Gasteiger partial charge in [0.05, 0.1) is 16.6 Å². The van der Waals surface area contributed by atoms with Gasteiger partial charge >= 0.3 is 0 Å². The third kappa shape index (κ3) is 4.94. The largest absolute Gasteiger partial charge is 0.375 e. The Morgan fingerprint density at radius 2 is 1.95 bits per heavy atom. The Balaban J connectivity index is 1.49. The number of benzene rings is 2. The molecule has 0 unspecified atom stereocenters. The average Bonchev–Trinajstić information content (AvgIpc) is 3.50. The van der Waals surface area contributed by atoms with Crippen LogP contribution in [0, 0.1) is 0 Å². The summed E-state index contributed by atoms with van der Waals surface area (Å²) in [4.78, 5) is 34.8. The van der Waals surface area contributed by atoms with Crippen molar-refractivity contribution in [1.82, 2.24) is 24.4 Å². The summed E-state index contributed by atoms with van der Waals surface area (Å²) < 4.78 is 9.05. The molecule has 5 rings (SSSR count). The Morgan fingerprint density at radius 3 is 2.73 bits per heavy atom. The van der Waals surface area contributed by atoms with E-state index in [1.807, 2.05) is 42.0 Å². The Kier molecular flexibility index (Phi) is 6.96. The highest BCUT2D eigenvalue weighted by molar-refractivity contribution is 6.08. The fourth-order valence-corrected chi connectivity index (χ4v) is 4.59. The first-order valence-electron chi connectivity index (χ1n) is 12.1. The van der Waals surface area contributed by atoms with Gasteiger partial charge in [-0.1, -0.05) is 18.2 Å². The molecule has 0 aliphatic rings. The second kappa shape index (κ2) is 10.6. The van der Waals surface area contributed by atoms with E-state index in [1.165, 1.54) is 7.11 Å². The van der Waals surface area contributed by atoms with Gasteiger partial charge in [0, 0.05) is 62.1 Å². The normalized spacial score (nSPS) is 11.2. The predicted octanol–water partition coefficient (Wildman–Crippen LogP) is 4.09. The molecule has 0 saturated carbocycles. The molecule has 2 N–H and O–H groups in total. The zero-order valence-corrected chi connectivity index (χ0v) is 20.8. The smallest absolute Gasteiger partial charge is 0.253 e. The van der Waals surface area contributed by atoms with Gasteiger partial charge in [-0.2, -0.15) is 0 Å². The first-order valence-corrected chi connectivity index (χ1v) is 12.1. The number of aromatic nitrogens is 4. The quantitative estimate of drug-likeness (QED) is 0.320. The van der Waals surface area contributed by atoms with Gasteiger partial charge in [-0.05, 0) is 48.7 Å². The van der Waals surface area contributed by atoms with Crippen LogP contribution in [0.3, 0.4) is 0 Å². The van der Waals surface area contributed by atoms with E-state index < -0.39 is 0 Å². The third-order valence-corrected chi connectivity index (χ3v) is 6.20. The highest BCUT2D eigenvalue weighted by Crippen LogP contribution is 2.30. The number of fused-ring (bicyclic) bond motifs is 2. The molecule has 5 aromatic rings. The number of ether oxygens (including phenoxy) is 1. The summed E-state index contributed by atoms with van der Waals surface area (Å²) in [5.74, 6) is 0.158. The van der Waals surface area contributed by atoms with Crippen molar-refractivity contribution in [3.05, 3.63) is 78.8 Å². The number of methoxy groups -OCH3 is 1. The number of carbonyl (C=O) groups excluding carboxylic acids is 2. The lowest BCUT2D eigenvalue weighted by atomic mass is 10.1. The molecule has 0 fully saturated rings. The summed E-state index contributed by atoms with van der Waals surface area (Å²) >= 11 is 0. The summed E-state index contributed by atoms with van der Waals surface area (Å²) in [6, 6.07) is 17.5. The SMILES string of the molecule is CCn1c(-c2cccnc2)nc2cc(NC(=O)COC)cc(C(=O)NCCn3ccc4ccccc43)c21. The van der Waals surface area contributed by atoms with E-state index in [1.54, 1.807) is 24.5 Å². The lowest BCUT2D eigenvalue weighted by molar-refractivity contribution is -0.119. The van der Waals surface area contributed by atoms with Gasteiger partial charge in [-0.15, -0.1) is 0 Å². The molecular weight excluding hydrogens is 468 g/mol. The number of nitrogens with zero attached hydrogens (tertiary/aromatic N) is 4. The predicted molar refractivity (Wildman–Crippen MR) is 143 cm³/mol. The van der Waals surface area contributed by atoms with Crippen LogP contribution >= 0.6 is 0 Å². The van der Waals surface area contributed by atoms with Crippen LogP contribution in [0.25, 0.3) is 33.3 Å². The van der Waals surface area contributed by atoms with Gasteiger partial charge < -0.3 is 24.5 Å². The minimum Gasteiger partial charge on any atom is -0.375 e. The molecule has 188 valence electrons. The number of amides is 2. The molecule has 3 heterocycles. The number of nitrogens with one attached hydrogen (secondary N) is 2. The minimum absolute atomic E-state index is 0.0886. The van der Waals surface area contributed by atoms with E-state index in [-0.39, 0.29) is 18.4 Å². The van der Waals surface area contributed by atoms with E-state index in [4.69, 9.17) is 9.72 Å². The number of para-hydroxylation sites is 1. The lowest BCUT2D eigenvalue weighted by Gasteiger charge is -2.13. The van der Waals surface area contributed by atoms with E-state index in [9.17, 15) is 9.59 Å². The number of imidazole rings is 1. The Hall–Kier alpha value is -4.50. The summed E-state index contributed by atoms with van der Waals surface area (Å²) in [6.45, 7) is 3.59. The van der Waals surface area contributed by atoms with Crippen molar-refractivity contribution in [2.24, 2.45) is 0 Å². The minimum atomic E-state index is -0.310. The highest BCUT2D eigenvalue weighted by atomic mass is 16.5. The van der Waals surface area contributed by atoms with E-state index in [0.717, 1.165) is 16.5 Å². The Labute approximate surface area is 214 Å². The molecule has 9 nitrogen and oxygen atoms in total. The van der Waals surface area contributed by atoms with Crippen LogP contribution in [0.1, 0.15) is 17.3 Å². The topological polar surface area (TPSA) is 103 Å². The number of pyridine rings is 1. The second-order valence-electron chi connectivity index (χ2n) is 8.62. The average molecular weight is 497 g/mol. The maximum atomic E-state index is 13.5. The summed E-state index contributed by atoms with van der Waals surface area (Å²) in [5.41, 5.74) is 4.19. The van der Waals surface area contributed by atoms with E-state index in [0.29, 0.717) is 47.7 Å². The first kappa shape index (κ1) is 24.2. The van der Waals surface area contributed by atoms with Gasteiger partial charge in [0.25, 0.3) is 5.91 Å². The van der Waals surface area contributed by atoms with Crippen molar-refractivity contribution >= 4 is 39.4 Å². The van der Waals surface area contributed by atoms with Gasteiger partial charge in [0.1, 0.15) is 12.4 Å². The van der Waals surface area contributed by atoms with Crippen LogP contribution in [0.15, 0.2) is 73.2 Å². The molecule has 0 bridgehead atoms. The number of aryl methyl sites for hydroxylation is 1. The number of carbonyl (C=O) groups is 2. The van der Waals surface area contributed by atoms with E-state index in [2.05, 4.69) is 38.4 Å². The standard InChI is InChI=1S/C28H28N6O3/c1-3-34-26-22(28(36)30-12-14-33-13-10-19-7-4-5-9-24(19)33)15-21(31-25(35)18-37-2)16-23(26)32-27(34)20-8-6-11-29-17-20/h4-11,13,15-17H,3,12,14,18H2,1-2H3,(H,30,36)(H,31,35). The zero-order valence-electron chi connectivity index (χ0n) is 20.8. The van der Waals surface area contributed by atoms with Crippen molar-refractivity contribution in [1.29, 1.82) is 0 Å².